The third kappa shape index (κ3) is 2.65. The van der Waals surface area contributed by atoms with E-state index in [-0.39, 0.29) is 0 Å². The number of hydrogen-bond acceptors (Lipinski definition) is 1. The fourth-order valence-corrected chi connectivity index (χ4v) is 2.27. The molecule has 0 amide bonds. The van der Waals surface area contributed by atoms with Gasteiger partial charge in [0.25, 0.3) is 0 Å². The van der Waals surface area contributed by atoms with E-state index in [1.54, 1.807) is 0 Å². The fraction of sp³-hybridized carbons (Fsp3) is 0.600. The second kappa shape index (κ2) is 5.01. The SMILES string of the molecule is CCC(C)NC(c1ccccc1C)C1CC1. The van der Waals surface area contributed by atoms with Crippen LogP contribution in [0.2, 0.25) is 0 Å². The molecular weight excluding hydrogens is 194 g/mol. The van der Waals surface area contributed by atoms with Crippen LogP contribution >= 0.6 is 0 Å². The van der Waals surface area contributed by atoms with Crippen LogP contribution in [0.1, 0.15) is 50.3 Å². The molecule has 1 aromatic carbocycles. The van der Waals surface area contributed by atoms with Gasteiger partial charge in [0.1, 0.15) is 0 Å². The standard InChI is InChI=1S/C15H23N/c1-4-12(3)16-15(13-9-10-13)14-8-6-5-7-11(14)2/h5-8,12-13,15-16H,4,9-10H2,1-3H3. The number of rotatable bonds is 5. The molecule has 0 heterocycles. The van der Waals surface area contributed by atoms with Crippen LogP contribution in [0.3, 0.4) is 0 Å². The molecule has 0 aliphatic heterocycles. The highest BCUT2D eigenvalue weighted by Gasteiger charge is 2.33. The lowest BCUT2D eigenvalue weighted by molar-refractivity contribution is 0.411. The molecule has 2 rings (SSSR count). The van der Waals surface area contributed by atoms with E-state index in [2.05, 4.69) is 50.4 Å². The minimum absolute atomic E-state index is 0.580. The lowest BCUT2D eigenvalue weighted by atomic mass is 9.96. The van der Waals surface area contributed by atoms with Gasteiger partial charge in [-0.15, -0.1) is 0 Å². The molecule has 1 heteroatoms. The zero-order valence-corrected chi connectivity index (χ0v) is 10.7. The van der Waals surface area contributed by atoms with Gasteiger partial charge >= 0.3 is 0 Å². The molecule has 0 aromatic heterocycles. The Balaban J connectivity index is 2.16. The highest BCUT2D eigenvalue weighted by Crippen LogP contribution is 2.42. The van der Waals surface area contributed by atoms with Crippen molar-refractivity contribution in [1.82, 2.24) is 5.32 Å². The Labute approximate surface area is 99.3 Å². The number of benzene rings is 1. The Morgan fingerprint density at radius 3 is 2.56 bits per heavy atom. The van der Waals surface area contributed by atoms with Crippen LogP contribution in [0.25, 0.3) is 0 Å². The van der Waals surface area contributed by atoms with Crippen LogP contribution in [-0.4, -0.2) is 6.04 Å². The second-order valence-corrected chi connectivity index (χ2v) is 5.15. The Kier molecular flexibility index (Phi) is 3.65. The van der Waals surface area contributed by atoms with Crippen LogP contribution in [0.15, 0.2) is 24.3 Å². The topological polar surface area (TPSA) is 12.0 Å². The van der Waals surface area contributed by atoms with Crippen LogP contribution in [0, 0.1) is 12.8 Å². The van der Waals surface area contributed by atoms with Gasteiger partial charge in [0, 0.05) is 12.1 Å². The van der Waals surface area contributed by atoms with Gasteiger partial charge in [-0.25, -0.2) is 0 Å². The zero-order chi connectivity index (χ0) is 11.5. The molecule has 0 bridgehead atoms. The maximum Gasteiger partial charge on any atom is 0.0353 e. The average Bonchev–Trinajstić information content (AvgIpc) is 3.10. The third-order valence-electron chi connectivity index (χ3n) is 3.69. The lowest BCUT2D eigenvalue weighted by Crippen LogP contribution is -2.31. The molecule has 2 unspecified atom stereocenters. The van der Waals surface area contributed by atoms with Crippen molar-refractivity contribution in [3.05, 3.63) is 35.4 Å². The van der Waals surface area contributed by atoms with Crippen molar-refractivity contribution < 1.29 is 0 Å². The lowest BCUT2D eigenvalue weighted by Gasteiger charge is -2.24. The van der Waals surface area contributed by atoms with E-state index in [0.29, 0.717) is 12.1 Å². The molecule has 88 valence electrons. The highest BCUT2D eigenvalue weighted by atomic mass is 15.0. The minimum atomic E-state index is 0.580. The van der Waals surface area contributed by atoms with Gasteiger partial charge in [0.05, 0.1) is 0 Å². The van der Waals surface area contributed by atoms with Crippen LogP contribution < -0.4 is 5.32 Å². The smallest absolute Gasteiger partial charge is 0.0353 e. The summed E-state index contributed by atoms with van der Waals surface area (Å²) < 4.78 is 0. The van der Waals surface area contributed by atoms with Gasteiger partial charge in [0.2, 0.25) is 0 Å². The summed E-state index contributed by atoms with van der Waals surface area (Å²) >= 11 is 0. The van der Waals surface area contributed by atoms with Crippen molar-refractivity contribution in [2.45, 2.75) is 52.1 Å². The third-order valence-corrected chi connectivity index (χ3v) is 3.69. The summed E-state index contributed by atoms with van der Waals surface area (Å²) in [6.07, 6.45) is 3.99. The normalized spacial score (nSPS) is 19.4. The van der Waals surface area contributed by atoms with Crippen molar-refractivity contribution in [2.75, 3.05) is 0 Å². The summed E-state index contributed by atoms with van der Waals surface area (Å²) in [5, 5.41) is 3.79. The molecule has 0 radical (unpaired) electrons. The first kappa shape index (κ1) is 11.7. The zero-order valence-electron chi connectivity index (χ0n) is 10.7. The molecule has 16 heavy (non-hydrogen) atoms. The number of aryl methyl sites for hydroxylation is 1. The summed E-state index contributed by atoms with van der Waals surface area (Å²) in [7, 11) is 0. The predicted molar refractivity (Wildman–Crippen MR) is 69.5 cm³/mol. The summed E-state index contributed by atoms with van der Waals surface area (Å²) in [6.45, 7) is 6.76. The van der Waals surface area contributed by atoms with Crippen molar-refractivity contribution in [3.8, 4) is 0 Å². The van der Waals surface area contributed by atoms with Gasteiger partial charge in [-0.2, -0.15) is 0 Å². The first-order valence-corrected chi connectivity index (χ1v) is 6.54. The Morgan fingerprint density at radius 1 is 1.31 bits per heavy atom. The van der Waals surface area contributed by atoms with Crippen LogP contribution in [0.4, 0.5) is 0 Å². The highest BCUT2D eigenvalue weighted by molar-refractivity contribution is 5.30. The van der Waals surface area contributed by atoms with E-state index in [4.69, 9.17) is 0 Å². The molecular formula is C15H23N. The largest absolute Gasteiger partial charge is 0.307 e. The van der Waals surface area contributed by atoms with Gasteiger partial charge in [-0.05, 0) is 50.2 Å². The van der Waals surface area contributed by atoms with Crippen molar-refractivity contribution >= 4 is 0 Å². The van der Waals surface area contributed by atoms with Gasteiger partial charge < -0.3 is 5.32 Å². The maximum atomic E-state index is 3.79. The molecule has 1 saturated carbocycles. The van der Waals surface area contributed by atoms with Crippen LogP contribution in [0.5, 0.6) is 0 Å². The quantitative estimate of drug-likeness (QED) is 0.790. The number of nitrogens with one attached hydrogen (secondary N) is 1. The van der Waals surface area contributed by atoms with E-state index < -0.39 is 0 Å². The average molecular weight is 217 g/mol. The van der Waals surface area contributed by atoms with Gasteiger partial charge in [-0.1, -0.05) is 31.2 Å². The summed E-state index contributed by atoms with van der Waals surface area (Å²) in [5.41, 5.74) is 2.93. The van der Waals surface area contributed by atoms with E-state index in [0.717, 1.165) is 5.92 Å². The minimum Gasteiger partial charge on any atom is -0.307 e. The first-order chi connectivity index (χ1) is 7.72. The Morgan fingerprint density at radius 2 is 2.00 bits per heavy atom. The molecule has 2 atom stereocenters. The van der Waals surface area contributed by atoms with E-state index in [1.807, 2.05) is 0 Å². The van der Waals surface area contributed by atoms with Crippen molar-refractivity contribution in [2.24, 2.45) is 5.92 Å². The molecule has 0 spiro atoms. The summed E-state index contributed by atoms with van der Waals surface area (Å²) in [4.78, 5) is 0. The van der Waals surface area contributed by atoms with Crippen molar-refractivity contribution in [3.63, 3.8) is 0 Å². The first-order valence-electron chi connectivity index (χ1n) is 6.54. The summed E-state index contributed by atoms with van der Waals surface area (Å²) in [6, 6.07) is 10.0. The van der Waals surface area contributed by atoms with E-state index >= 15 is 0 Å². The van der Waals surface area contributed by atoms with Gasteiger partial charge in [-0.3, -0.25) is 0 Å². The van der Waals surface area contributed by atoms with E-state index in [9.17, 15) is 0 Å². The molecule has 1 aliphatic rings. The second-order valence-electron chi connectivity index (χ2n) is 5.15. The van der Waals surface area contributed by atoms with Crippen molar-refractivity contribution in [1.29, 1.82) is 0 Å². The predicted octanol–water partition coefficient (Wildman–Crippen LogP) is 3.83. The molecule has 1 N–H and O–H groups in total. The molecule has 1 nitrogen and oxygen atoms in total. The fourth-order valence-electron chi connectivity index (χ4n) is 2.27. The van der Waals surface area contributed by atoms with E-state index in [1.165, 1.54) is 30.4 Å². The Hall–Kier alpha value is -0.820. The van der Waals surface area contributed by atoms with Gasteiger partial charge in [0.15, 0.2) is 0 Å². The monoisotopic (exact) mass is 217 g/mol. The molecule has 1 fully saturated rings. The Bertz CT molecular complexity index is 341. The molecule has 1 aromatic rings. The summed E-state index contributed by atoms with van der Waals surface area (Å²) in [5.74, 6) is 0.870. The molecule has 0 saturated heterocycles. The molecule has 1 aliphatic carbocycles. The maximum absolute atomic E-state index is 3.79. The number of hydrogen-bond donors (Lipinski definition) is 1. The van der Waals surface area contributed by atoms with Crippen LogP contribution in [-0.2, 0) is 0 Å².